The number of carbonyl (C=O) groups is 2. The van der Waals surface area contributed by atoms with Gasteiger partial charge in [0.1, 0.15) is 11.8 Å². The van der Waals surface area contributed by atoms with Gasteiger partial charge in [-0.25, -0.2) is 4.98 Å². The summed E-state index contributed by atoms with van der Waals surface area (Å²) in [6, 6.07) is 9.20. The maximum Gasteiger partial charge on any atom is 0.243 e. The summed E-state index contributed by atoms with van der Waals surface area (Å²) in [5, 5.41) is 17.2. The average molecular weight is 497 g/mol. The van der Waals surface area contributed by atoms with Crippen LogP contribution in [0.1, 0.15) is 49.4 Å². The van der Waals surface area contributed by atoms with Crippen LogP contribution >= 0.6 is 11.3 Å². The zero-order valence-corrected chi connectivity index (χ0v) is 21.4. The number of amides is 2. The van der Waals surface area contributed by atoms with Crippen molar-refractivity contribution >= 4 is 23.2 Å². The van der Waals surface area contributed by atoms with E-state index >= 15 is 0 Å². The topological polar surface area (TPSA) is 109 Å². The van der Waals surface area contributed by atoms with Gasteiger partial charge in [-0.05, 0) is 36.8 Å². The number of carbonyl (C=O) groups excluding carboxylic acids is 2. The largest absolute Gasteiger partial charge is 0.391 e. The Balaban J connectivity index is 1.35. The number of rotatable bonds is 8. The molecule has 0 saturated carbocycles. The van der Waals surface area contributed by atoms with Crippen molar-refractivity contribution in [3.05, 3.63) is 58.6 Å². The third-order valence-corrected chi connectivity index (χ3v) is 7.27. The summed E-state index contributed by atoms with van der Waals surface area (Å²) < 4.78 is 5.14. The number of hydrogen-bond donors (Lipinski definition) is 2. The lowest BCUT2D eigenvalue weighted by Gasteiger charge is -2.29. The maximum atomic E-state index is 13.2. The summed E-state index contributed by atoms with van der Waals surface area (Å²) in [6.45, 7) is 8.33. The highest BCUT2D eigenvalue weighted by Gasteiger charge is 2.40. The zero-order valence-electron chi connectivity index (χ0n) is 20.6. The fraction of sp³-hybridized carbons (Fsp3) is 0.462. The van der Waals surface area contributed by atoms with Crippen LogP contribution in [-0.2, 0) is 22.6 Å². The molecule has 35 heavy (non-hydrogen) atoms. The van der Waals surface area contributed by atoms with Crippen molar-refractivity contribution in [2.24, 2.45) is 5.41 Å². The first-order valence-electron chi connectivity index (χ1n) is 11.8. The number of aliphatic hydroxyl groups excluding tert-OH is 1. The Morgan fingerprint density at radius 3 is 2.63 bits per heavy atom. The minimum absolute atomic E-state index is 0.142. The molecule has 0 spiro atoms. The minimum Gasteiger partial charge on any atom is -0.391 e. The van der Waals surface area contributed by atoms with Gasteiger partial charge in [0.15, 0.2) is 0 Å². The van der Waals surface area contributed by atoms with Crippen LogP contribution in [0.4, 0.5) is 0 Å². The van der Waals surface area contributed by atoms with Gasteiger partial charge in [-0.2, -0.15) is 0 Å². The van der Waals surface area contributed by atoms with Gasteiger partial charge >= 0.3 is 0 Å². The number of aryl methyl sites for hydroxylation is 2. The molecule has 1 aromatic carbocycles. The molecule has 0 bridgehead atoms. The number of likely N-dealkylation sites (tertiary alicyclic amines) is 1. The van der Waals surface area contributed by atoms with Crippen LogP contribution in [0, 0.1) is 19.3 Å². The Bertz CT molecular complexity index is 1180. The summed E-state index contributed by atoms with van der Waals surface area (Å²) in [5.74, 6) is 0.341. The van der Waals surface area contributed by atoms with Gasteiger partial charge in [-0.1, -0.05) is 43.3 Å². The Morgan fingerprint density at radius 2 is 2.00 bits per heavy atom. The second-order valence-electron chi connectivity index (χ2n) is 10.1. The third-order valence-electron chi connectivity index (χ3n) is 6.30. The lowest BCUT2D eigenvalue weighted by atomic mass is 9.83. The molecule has 3 aromatic rings. The minimum atomic E-state index is -0.710. The number of thiazole rings is 1. The molecule has 2 aromatic heterocycles. The van der Waals surface area contributed by atoms with Crippen LogP contribution < -0.4 is 5.32 Å². The highest BCUT2D eigenvalue weighted by Crippen LogP contribution is 2.30. The highest BCUT2D eigenvalue weighted by atomic mass is 32.1. The molecule has 8 nitrogen and oxygen atoms in total. The molecule has 1 aliphatic rings. The lowest BCUT2D eigenvalue weighted by Crippen LogP contribution is -2.46. The smallest absolute Gasteiger partial charge is 0.243 e. The standard InChI is InChI=1S/C26H32N4O4S/c1-16-9-20(29-34-16)11-26(3,4)12-23(32)30-14-21(31)10-22(30)25(33)27-13-18-5-7-19(8-6-18)24-17(2)28-15-35-24/h5-9,15,21-22,31H,10-14H2,1-4H3,(H,27,33)/t21-,22+/m1/s1. The molecule has 2 amide bonds. The average Bonchev–Trinajstić information content (AvgIpc) is 3.51. The first-order chi connectivity index (χ1) is 16.6. The van der Waals surface area contributed by atoms with E-state index in [1.165, 1.54) is 4.90 Å². The number of β-amino-alcohol motifs (C(OH)–C–C–N with tert-alkyl or cyclic N) is 1. The maximum absolute atomic E-state index is 13.2. The van der Waals surface area contributed by atoms with Gasteiger partial charge in [0, 0.05) is 32.0 Å². The van der Waals surface area contributed by atoms with Crippen molar-refractivity contribution in [3.63, 3.8) is 0 Å². The molecule has 2 atom stereocenters. The molecule has 3 heterocycles. The molecule has 0 radical (unpaired) electrons. The summed E-state index contributed by atoms with van der Waals surface area (Å²) in [5.41, 5.74) is 5.32. The second-order valence-corrected chi connectivity index (χ2v) is 10.9. The highest BCUT2D eigenvalue weighted by molar-refractivity contribution is 7.13. The van der Waals surface area contributed by atoms with Crippen LogP contribution in [0.15, 0.2) is 40.4 Å². The summed E-state index contributed by atoms with van der Waals surface area (Å²) in [6.07, 6.45) is 0.358. The van der Waals surface area contributed by atoms with Gasteiger partial charge < -0.3 is 19.8 Å². The van der Waals surface area contributed by atoms with E-state index in [0.717, 1.165) is 33.2 Å². The predicted octanol–water partition coefficient (Wildman–Crippen LogP) is 3.65. The molecule has 9 heteroatoms. The molecule has 4 rings (SSSR count). The molecule has 1 fully saturated rings. The fourth-order valence-corrected chi connectivity index (χ4v) is 5.37. The Hall–Kier alpha value is -3.04. The van der Waals surface area contributed by atoms with E-state index in [2.05, 4.69) is 15.5 Å². The molecular weight excluding hydrogens is 464 g/mol. The van der Waals surface area contributed by atoms with Crippen molar-refractivity contribution in [1.82, 2.24) is 20.4 Å². The zero-order chi connectivity index (χ0) is 25.2. The van der Waals surface area contributed by atoms with E-state index in [9.17, 15) is 14.7 Å². The van der Waals surface area contributed by atoms with Gasteiger partial charge in [0.05, 0.1) is 27.9 Å². The van der Waals surface area contributed by atoms with Crippen molar-refractivity contribution in [2.75, 3.05) is 6.54 Å². The van der Waals surface area contributed by atoms with Crippen molar-refractivity contribution in [3.8, 4) is 10.4 Å². The number of hydrogen-bond acceptors (Lipinski definition) is 7. The quantitative estimate of drug-likeness (QED) is 0.493. The van der Waals surface area contributed by atoms with E-state index < -0.39 is 12.1 Å². The number of benzene rings is 1. The summed E-state index contributed by atoms with van der Waals surface area (Å²) >= 11 is 1.60. The first-order valence-corrected chi connectivity index (χ1v) is 12.7. The van der Waals surface area contributed by atoms with Gasteiger partial charge in [0.25, 0.3) is 0 Å². The van der Waals surface area contributed by atoms with Crippen LogP contribution in [0.3, 0.4) is 0 Å². The van der Waals surface area contributed by atoms with E-state index in [-0.39, 0.29) is 36.6 Å². The number of aromatic nitrogens is 2. The number of nitrogens with one attached hydrogen (secondary N) is 1. The Kier molecular flexibility index (Phi) is 7.37. The summed E-state index contributed by atoms with van der Waals surface area (Å²) in [7, 11) is 0. The fourth-order valence-electron chi connectivity index (χ4n) is 4.56. The van der Waals surface area contributed by atoms with E-state index in [1.54, 1.807) is 11.3 Å². The first kappa shape index (κ1) is 25.1. The van der Waals surface area contributed by atoms with Crippen molar-refractivity contribution in [2.45, 2.75) is 65.6 Å². The van der Waals surface area contributed by atoms with Crippen LogP contribution in [0.5, 0.6) is 0 Å². The predicted molar refractivity (Wildman–Crippen MR) is 134 cm³/mol. The normalized spacial score (nSPS) is 18.1. The molecule has 1 aliphatic heterocycles. The second kappa shape index (κ2) is 10.3. The molecule has 0 aliphatic carbocycles. The van der Waals surface area contributed by atoms with E-state index in [1.807, 2.05) is 63.5 Å². The van der Waals surface area contributed by atoms with Crippen LogP contribution in [-0.4, -0.2) is 50.7 Å². The Labute approximate surface area is 209 Å². The third kappa shape index (κ3) is 6.15. The lowest BCUT2D eigenvalue weighted by molar-refractivity contribution is -0.140. The monoisotopic (exact) mass is 496 g/mol. The van der Waals surface area contributed by atoms with Crippen molar-refractivity contribution < 1.29 is 19.2 Å². The SMILES string of the molecule is Cc1cc(CC(C)(C)CC(=O)N2C[C@H](O)C[C@H]2C(=O)NCc2ccc(-c3scnc3C)cc2)no1. The Morgan fingerprint density at radius 1 is 1.26 bits per heavy atom. The van der Waals surface area contributed by atoms with E-state index in [4.69, 9.17) is 4.52 Å². The number of aliphatic hydroxyl groups is 1. The van der Waals surface area contributed by atoms with Crippen molar-refractivity contribution in [1.29, 1.82) is 0 Å². The van der Waals surface area contributed by atoms with Crippen LogP contribution in [0.2, 0.25) is 0 Å². The van der Waals surface area contributed by atoms with Gasteiger partial charge in [-0.3, -0.25) is 9.59 Å². The molecule has 0 unspecified atom stereocenters. The van der Waals surface area contributed by atoms with Gasteiger partial charge in [-0.15, -0.1) is 11.3 Å². The molecule has 2 N–H and O–H groups in total. The molecule has 1 saturated heterocycles. The molecule has 186 valence electrons. The number of nitrogens with zero attached hydrogens (tertiary/aromatic N) is 3. The molecular formula is C26H32N4O4S. The van der Waals surface area contributed by atoms with E-state index in [0.29, 0.717) is 13.0 Å². The summed E-state index contributed by atoms with van der Waals surface area (Å²) in [4.78, 5) is 33.1. The van der Waals surface area contributed by atoms with Crippen LogP contribution in [0.25, 0.3) is 10.4 Å². The van der Waals surface area contributed by atoms with Gasteiger partial charge in [0.2, 0.25) is 11.8 Å².